The molecule has 5 N–H and O–H groups in total. The molecule has 1 aliphatic rings. The van der Waals surface area contributed by atoms with E-state index in [1.54, 1.807) is 11.4 Å². The zero-order chi connectivity index (χ0) is 28.7. The lowest BCUT2D eigenvalue weighted by Gasteiger charge is -2.39. The highest BCUT2D eigenvalue weighted by Gasteiger charge is 2.45. The van der Waals surface area contributed by atoms with Crippen LogP contribution in [-0.2, 0) is 16.8 Å². The fourth-order valence-electron chi connectivity index (χ4n) is 5.36. The molecule has 2 aromatic heterocycles. The number of hydrogen-bond acceptors (Lipinski definition) is 8. The Morgan fingerprint density at radius 2 is 1.88 bits per heavy atom. The molecule has 0 saturated heterocycles. The lowest BCUT2D eigenvalue weighted by molar-refractivity contribution is -0.150. The molecule has 1 fully saturated rings. The van der Waals surface area contributed by atoms with Crippen molar-refractivity contribution in [1.82, 2.24) is 24.9 Å². The number of anilines is 1. The van der Waals surface area contributed by atoms with Gasteiger partial charge < -0.3 is 20.7 Å². The smallest absolute Gasteiger partial charge is 0.309 e. The van der Waals surface area contributed by atoms with Crippen molar-refractivity contribution in [2.24, 2.45) is 5.41 Å². The van der Waals surface area contributed by atoms with Crippen LogP contribution >= 0.6 is 0 Å². The topological polar surface area (TPSA) is 148 Å². The third-order valence-electron chi connectivity index (χ3n) is 8.19. The summed E-state index contributed by atoms with van der Waals surface area (Å²) in [6, 6.07) is 11.6. The second-order valence-corrected chi connectivity index (χ2v) is 11.0. The van der Waals surface area contributed by atoms with Gasteiger partial charge in [0.15, 0.2) is 5.82 Å². The average molecular weight is 549 g/mol. The summed E-state index contributed by atoms with van der Waals surface area (Å²) in [5.41, 5.74) is 8.43. The predicted molar refractivity (Wildman–Crippen MR) is 147 cm³/mol. The van der Waals surface area contributed by atoms with E-state index < -0.39 is 23.4 Å². The number of carboxylic acids is 1. The number of fused-ring (bicyclic) bond motifs is 1. The van der Waals surface area contributed by atoms with E-state index in [4.69, 9.17) is 15.5 Å². The first-order chi connectivity index (χ1) is 19.0. The maximum absolute atomic E-state index is 13.7. The molecule has 0 radical (unpaired) electrons. The maximum atomic E-state index is 13.7. The van der Waals surface area contributed by atoms with Crippen LogP contribution in [0.2, 0.25) is 0 Å². The molecule has 0 bridgehead atoms. The highest BCUT2D eigenvalue weighted by molar-refractivity contribution is 5.85. The first kappa shape index (κ1) is 27.5. The number of aromatic nitrogens is 4. The highest BCUT2D eigenvalue weighted by atomic mass is 19.1. The number of hydrogen-bond donors (Lipinski definition) is 4. The van der Waals surface area contributed by atoms with Crippen molar-refractivity contribution in [3.05, 3.63) is 71.6 Å². The van der Waals surface area contributed by atoms with E-state index in [1.165, 1.54) is 31.6 Å². The number of nitrogen functional groups attached to an aromatic ring is 1. The number of imidazole rings is 1. The maximum Gasteiger partial charge on any atom is 0.309 e. The molecule has 2 aromatic carbocycles. The van der Waals surface area contributed by atoms with Crippen LogP contribution in [0.5, 0.6) is 5.75 Å². The van der Waals surface area contributed by atoms with Gasteiger partial charge in [0.05, 0.1) is 12.5 Å². The fraction of sp³-hybridized carbons (Fsp3) is 0.379. The van der Waals surface area contributed by atoms with E-state index in [0.717, 1.165) is 17.0 Å². The molecule has 1 atom stereocenters. The van der Waals surface area contributed by atoms with Crippen molar-refractivity contribution in [2.45, 2.75) is 57.7 Å². The van der Waals surface area contributed by atoms with Crippen LogP contribution in [-0.4, -0.2) is 42.9 Å². The number of halogens is 1. The van der Waals surface area contributed by atoms with Crippen LogP contribution in [0.4, 0.5) is 10.2 Å². The van der Waals surface area contributed by atoms with Gasteiger partial charge in [-0.2, -0.15) is 5.10 Å². The van der Waals surface area contributed by atoms with E-state index in [0.29, 0.717) is 60.6 Å². The minimum Gasteiger partial charge on any atom is -0.496 e. The van der Waals surface area contributed by atoms with Gasteiger partial charge in [-0.05, 0) is 56.4 Å². The zero-order valence-corrected chi connectivity index (χ0v) is 22.7. The van der Waals surface area contributed by atoms with E-state index in [-0.39, 0.29) is 5.41 Å². The lowest BCUT2D eigenvalue weighted by Crippen LogP contribution is -2.39. The number of aliphatic carboxylic acids is 1. The number of ether oxygens (including phenoxy) is 1. The van der Waals surface area contributed by atoms with Gasteiger partial charge in [0.25, 0.3) is 0 Å². The Hall–Kier alpha value is -4.09. The molecule has 1 aliphatic carbocycles. The predicted octanol–water partition coefficient (Wildman–Crippen LogP) is 4.22. The van der Waals surface area contributed by atoms with Crippen LogP contribution in [0, 0.1) is 11.2 Å². The highest BCUT2D eigenvalue weighted by Crippen LogP contribution is 2.47. The van der Waals surface area contributed by atoms with Gasteiger partial charge in [-0.25, -0.2) is 18.9 Å². The summed E-state index contributed by atoms with van der Waals surface area (Å²) in [7, 11) is 1.46. The Morgan fingerprint density at radius 1 is 1.18 bits per heavy atom. The Labute approximate surface area is 231 Å². The third-order valence-corrected chi connectivity index (χ3v) is 8.19. The number of methoxy groups -OCH3 is 1. The summed E-state index contributed by atoms with van der Waals surface area (Å²) < 4.78 is 20.7. The van der Waals surface area contributed by atoms with Crippen LogP contribution in [0.25, 0.3) is 16.8 Å². The zero-order valence-electron chi connectivity index (χ0n) is 22.7. The van der Waals surface area contributed by atoms with Crippen molar-refractivity contribution in [3.8, 4) is 17.0 Å². The van der Waals surface area contributed by atoms with Crippen molar-refractivity contribution in [2.75, 3.05) is 12.8 Å². The molecular formula is C29H33FN6O4. The number of aliphatic hydroxyl groups is 1. The van der Waals surface area contributed by atoms with Gasteiger partial charge in [-0.15, -0.1) is 0 Å². The number of aliphatic hydroxyl groups excluding tert-OH is 1. The van der Waals surface area contributed by atoms with E-state index in [2.05, 4.69) is 22.3 Å². The standard InChI is InChI=1S/C29H33FN6O4/c1-28(10-12-29(2,13-11-28)27(38)39)26-35-22(23-24(31)33-16-34-36(23)26)18-6-4-17(5-7-18)15-32-25(37)20-14-19(30)8-9-21(20)40-3/h4-9,14,16,25,32,37H,10-13,15H2,1-3H3,(H,38,39)(H2,31,33,34)/t25?,28-,29-. The molecule has 10 nitrogen and oxygen atoms in total. The van der Waals surface area contributed by atoms with Crippen molar-refractivity contribution in [1.29, 1.82) is 0 Å². The molecule has 2 heterocycles. The monoisotopic (exact) mass is 548 g/mol. The summed E-state index contributed by atoms with van der Waals surface area (Å²) in [6.45, 7) is 4.22. The molecule has 5 rings (SSSR count). The summed E-state index contributed by atoms with van der Waals surface area (Å²) >= 11 is 0. The summed E-state index contributed by atoms with van der Waals surface area (Å²) in [5.74, 6) is 0.188. The number of carboxylic acid groups (broad SMARTS) is 1. The van der Waals surface area contributed by atoms with Gasteiger partial charge in [0.2, 0.25) is 0 Å². The van der Waals surface area contributed by atoms with E-state index >= 15 is 0 Å². The van der Waals surface area contributed by atoms with Gasteiger partial charge >= 0.3 is 5.97 Å². The van der Waals surface area contributed by atoms with E-state index in [1.807, 2.05) is 24.3 Å². The molecular weight excluding hydrogens is 515 g/mol. The SMILES string of the molecule is COc1ccc(F)cc1C(O)NCc1ccc(-c2nc([C@]3(C)CC[C@@](C)(C(=O)O)CC3)n3ncnc(N)c23)cc1. The van der Waals surface area contributed by atoms with Crippen LogP contribution < -0.4 is 15.8 Å². The quantitative estimate of drug-likeness (QED) is 0.238. The molecule has 0 aliphatic heterocycles. The van der Waals surface area contributed by atoms with Gasteiger partial charge in [-0.1, -0.05) is 31.2 Å². The molecule has 0 amide bonds. The van der Waals surface area contributed by atoms with Gasteiger partial charge in [0, 0.05) is 23.1 Å². The molecule has 0 spiro atoms. The fourth-order valence-corrected chi connectivity index (χ4v) is 5.36. The number of carbonyl (C=O) groups is 1. The second kappa shape index (κ2) is 10.5. The molecule has 40 heavy (non-hydrogen) atoms. The van der Waals surface area contributed by atoms with E-state index in [9.17, 15) is 19.4 Å². The molecule has 1 saturated carbocycles. The molecule has 1 unspecified atom stereocenters. The number of benzene rings is 2. The van der Waals surface area contributed by atoms with Gasteiger partial charge in [-0.3, -0.25) is 10.1 Å². The molecule has 11 heteroatoms. The summed E-state index contributed by atoms with van der Waals surface area (Å²) in [6.07, 6.45) is 2.67. The van der Waals surface area contributed by atoms with Crippen molar-refractivity contribution < 1.29 is 24.1 Å². The Morgan fingerprint density at radius 3 is 2.52 bits per heavy atom. The number of nitrogens with one attached hydrogen (secondary N) is 1. The minimum atomic E-state index is -1.12. The first-order valence-corrected chi connectivity index (χ1v) is 13.1. The molecule has 210 valence electrons. The van der Waals surface area contributed by atoms with Crippen LogP contribution in [0.3, 0.4) is 0 Å². The summed E-state index contributed by atoms with van der Waals surface area (Å²) in [5, 5.41) is 27.7. The number of rotatable bonds is 8. The van der Waals surface area contributed by atoms with Gasteiger partial charge in [0.1, 0.15) is 41.2 Å². The minimum absolute atomic E-state index is 0.302. The number of nitrogens with zero attached hydrogens (tertiary/aromatic N) is 4. The first-order valence-electron chi connectivity index (χ1n) is 13.1. The Kier molecular flexibility index (Phi) is 7.19. The second-order valence-electron chi connectivity index (χ2n) is 11.0. The largest absolute Gasteiger partial charge is 0.496 e. The van der Waals surface area contributed by atoms with Crippen LogP contribution in [0.1, 0.15) is 62.7 Å². The average Bonchev–Trinajstić information content (AvgIpc) is 3.35. The summed E-state index contributed by atoms with van der Waals surface area (Å²) in [4.78, 5) is 21.0. The normalized spacial score (nSPS) is 21.8. The molecule has 4 aromatic rings. The van der Waals surface area contributed by atoms with Crippen molar-refractivity contribution >= 4 is 17.3 Å². The van der Waals surface area contributed by atoms with Crippen LogP contribution in [0.15, 0.2) is 48.8 Å². The lowest BCUT2D eigenvalue weighted by atomic mass is 9.65. The third kappa shape index (κ3) is 4.98. The Bertz CT molecular complexity index is 1550. The number of nitrogens with two attached hydrogens (primary N) is 1. The Balaban J connectivity index is 1.40. The van der Waals surface area contributed by atoms with Crippen molar-refractivity contribution in [3.63, 3.8) is 0 Å².